The third kappa shape index (κ3) is 3.78. The van der Waals surface area contributed by atoms with Crippen LogP contribution in [0.3, 0.4) is 0 Å². The molecule has 0 bridgehead atoms. The molecule has 2 aromatic heterocycles. The maximum absolute atomic E-state index is 9.79. The molecule has 4 nitrogen and oxygen atoms in total. The molecule has 0 fully saturated rings. The summed E-state index contributed by atoms with van der Waals surface area (Å²) in [5, 5.41) is 11.2. The van der Waals surface area contributed by atoms with Crippen LogP contribution < -0.4 is 0 Å². The zero-order valence-electron chi connectivity index (χ0n) is 16.6. The van der Waals surface area contributed by atoms with Crippen LogP contribution in [0.15, 0.2) is 36.5 Å². The number of benzene rings is 1. The molecule has 0 saturated heterocycles. The van der Waals surface area contributed by atoms with E-state index in [2.05, 4.69) is 51.7 Å². The van der Waals surface area contributed by atoms with Gasteiger partial charge in [0.2, 0.25) is 0 Å². The van der Waals surface area contributed by atoms with Crippen molar-refractivity contribution < 1.29 is 5.11 Å². The van der Waals surface area contributed by atoms with E-state index in [1.54, 1.807) is 0 Å². The molecule has 0 unspecified atom stereocenters. The van der Waals surface area contributed by atoms with Gasteiger partial charge in [0.25, 0.3) is 0 Å². The highest BCUT2D eigenvalue weighted by atomic mass is 16.3. The largest absolute Gasteiger partial charge is 0.392 e. The summed E-state index contributed by atoms with van der Waals surface area (Å²) >= 11 is 0. The minimum Gasteiger partial charge on any atom is -0.392 e. The summed E-state index contributed by atoms with van der Waals surface area (Å²) in [4.78, 5) is 6.82. The highest BCUT2D eigenvalue weighted by molar-refractivity contribution is 5.86. The normalized spacial score (nSPS) is 15.9. The van der Waals surface area contributed by atoms with E-state index in [9.17, 15) is 5.11 Å². The van der Waals surface area contributed by atoms with Crippen LogP contribution in [0.2, 0.25) is 0 Å². The number of hydrogen-bond donors (Lipinski definition) is 1. The second kappa shape index (κ2) is 7.45. The van der Waals surface area contributed by atoms with E-state index >= 15 is 0 Å². The lowest BCUT2D eigenvalue weighted by Crippen LogP contribution is -2.36. The van der Waals surface area contributed by atoms with Crippen molar-refractivity contribution in [3.05, 3.63) is 64.6 Å². The van der Waals surface area contributed by atoms with Gasteiger partial charge in [0.1, 0.15) is 0 Å². The minimum absolute atomic E-state index is 0.282. The Morgan fingerprint density at radius 3 is 2.78 bits per heavy atom. The van der Waals surface area contributed by atoms with Gasteiger partial charge in [-0.05, 0) is 56.5 Å². The van der Waals surface area contributed by atoms with Crippen molar-refractivity contribution in [2.45, 2.75) is 52.8 Å². The SMILES string of the molecule is Cc1ccc2c(c1)c1c(n2CCc2ccc(C)nc2)CCN(C[C@H](C)O)C1. The van der Waals surface area contributed by atoms with E-state index in [4.69, 9.17) is 0 Å². The fourth-order valence-corrected chi connectivity index (χ4v) is 4.29. The van der Waals surface area contributed by atoms with Gasteiger partial charge in [-0.25, -0.2) is 0 Å². The first-order valence-corrected chi connectivity index (χ1v) is 9.94. The Morgan fingerprint density at radius 1 is 1.19 bits per heavy atom. The highest BCUT2D eigenvalue weighted by Gasteiger charge is 2.24. The van der Waals surface area contributed by atoms with Crippen molar-refractivity contribution in [2.75, 3.05) is 13.1 Å². The van der Waals surface area contributed by atoms with Gasteiger partial charge in [0.15, 0.2) is 0 Å². The average Bonchev–Trinajstić information content (AvgIpc) is 2.93. The topological polar surface area (TPSA) is 41.3 Å². The summed E-state index contributed by atoms with van der Waals surface area (Å²) in [5.74, 6) is 0. The molecule has 3 heterocycles. The summed E-state index contributed by atoms with van der Waals surface area (Å²) < 4.78 is 2.52. The predicted octanol–water partition coefficient (Wildman–Crippen LogP) is 3.63. The lowest BCUT2D eigenvalue weighted by Gasteiger charge is -2.29. The summed E-state index contributed by atoms with van der Waals surface area (Å²) in [6, 6.07) is 11.1. The first kappa shape index (κ1) is 18.2. The summed E-state index contributed by atoms with van der Waals surface area (Å²) in [6.07, 6.45) is 3.76. The number of fused-ring (bicyclic) bond motifs is 3. The molecule has 0 amide bonds. The Balaban J connectivity index is 1.67. The molecule has 142 valence electrons. The second-order valence-corrected chi connectivity index (χ2v) is 7.99. The van der Waals surface area contributed by atoms with E-state index in [0.717, 1.165) is 44.7 Å². The molecule has 1 atom stereocenters. The summed E-state index contributed by atoms with van der Waals surface area (Å²) in [7, 11) is 0. The van der Waals surface area contributed by atoms with Gasteiger partial charge in [-0.15, -0.1) is 0 Å². The van der Waals surface area contributed by atoms with Crippen LogP contribution >= 0.6 is 0 Å². The zero-order chi connectivity index (χ0) is 19.0. The molecule has 1 aliphatic rings. The number of pyridine rings is 1. The number of aryl methyl sites for hydroxylation is 4. The van der Waals surface area contributed by atoms with Crippen molar-refractivity contribution in [3.63, 3.8) is 0 Å². The van der Waals surface area contributed by atoms with Crippen LogP contribution in [0.4, 0.5) is 0 Å². The zero-order valence-corrected chi connectivity index (χ0v) is 16.6. The van der Waals surface area contributed by atoms with Crippen molar-refractivity contribution in [1.29, 1.82) is 0 Å². The van der Waals surface area contributed by atoms with Gasteiger partial charge in [-0.1, -0.05) is 17.7 Å². The fraction of sp³-hybridized carbons (Fsp3) is 0.435. The van der Waals surface area contributed by atoms with Crippen LogP contribution in [0.25, 0.3) is 10.9 Å². The lowest BCUT2D eigenvalue weighted by molar-refractivity contribution is 0.118. The number of aliphatic hydroxyl groups excluding tert-OH is 1. The van der Waals surface area contributed by atoms with Gasteiger partial charge in [0, 0.05) is 61.1 Å². The quantitative estimate of drug-likeness (QED) is 0.752. The standard InChI is InChI=1S/C23H29N3O/c1-16-4-7-22-20(12-16)21-15-25(14-18(3)27)10-9-23(21)26(22)11-8-19-6-5-17(2)24-13-19/h4-7,12-13,18,27H,8-11,14-15H2,1-3H3/t18-/m0/s1. The molecule has 1 N–H and O–H groups in total. The molecule has 1 aliphatic heterocycles. The third-order valence-electron chi connectivity index (χ3n) is 5.61. The number of aromatic nitrogens is 2. The molecule has 4 rings (SSSR count). The molecule has 4 heteroatoms. The molecule has 3 aromatic rings. The van der Waals surface area contributed by atoms with E-state index in [1.165, 1.54) is 33.3 Å². The molecular formula is C23H29N3O. The van der Waals surface area contributed by atoms with Gasteiger partial charge in [0.05, 0.1) is 6.10 Å². The highest BCUT2D eigenvalue weighted by Crippen LogP contribution is 2.32. The van der Waals surface area contributed by atoms with E-state index in [-0.39, 0.29) is 6.10 Å². The van der Waals surface area contributed by atoms with Crippen molar-refractivity contribution >= 4 is 10.9 Å². The Bertz CT molecular complexity index is 940. The maximum Gasteiger partial charge on any atom is 0.0639 e. The van der Waals surface area contributed by atoms with Crippen LogP contribution in [-0.4, -0.2) is 38.8 Å². The Morgan fingerprint density at radius 2 is 2.04 bits per heavy atom. The molecule has 0 spiro atoms. The summed E-state index contributed by atoms with van der Waals surface area (Å²) in [5.41, 5.74) is 7.91. The van der Waals surface area contributed by atoms with Crippen LogP contribution in [0.1, 0.15) is 35.0 Å². The number of nitrogens with zero attached hydrogens (tertiary/aromatic N) is 3. The first-order valence-electron chi connectivity index (χ1n) is 9.94. The van der Waals surface area contributed by atoms with Crippen LogP contribution in [0, 0.1) is 13.8 Å². The monoisotopic (exact) mass is 363 g/mol. The molecule has 0 saturated carbocycles. The Kier molecular flexibility index (Phi) is 5.02. The smallest absolute Gasteiger partial charge is 0.0639 e. The Labute approximate surface area is 161 Å². The molecule has 1 aromatic carbocycles. The third-order valence-corrected chi connectivity index (χ3v) is 5.61. The summed E-state index contributed by atoms with van der Waals surface area (Å²) in [6.45, 7) is 9.73. The molecule has 27 heavy (non-hydrogen) atoms. The molecular weight excluding hydrogens is 334 g/mol. The maximum atomic E-state index is 9.79. The van der Waals surface area contributed by atoms with Crippen LogP contribution in [-0.2, 0) is 25.9 Å². The van der Waals surface area contributed by atoms with Crippen molar-refractivity contribution in [1.82, 2.24) is 14.5 Å². The molecule has 0 radical (unpaired) electrons. The van der Waals surface area contributed by atoms with E-state index < -0.39 is 0 Å². The fourth-order valence-electron chi connectivity index (χ4n) is 4.29. The van der Waals surface area contributed by atoms with Gasteiger partial charge < -0.3 is 9.67 Å². The second-order valence-electron chi connectivity index (χ2n) is 7.99. The van der Waals surface area contributed by atoms with Gasteiger partial charge in [-0.3, -0.25) is 9.88 Å². The van der Waals surface area contributed by atoms with E-state index in [0.29, 0.717) is 0 Å². The lowest BCUT2D eigenvalue weighted by atomic mass is 10.0. The van der Waals surface area contributed by atoms with Gasteiger partial charge in [-0.2, -0.15) is 0 Å². The number of aliphatic hydroxyl groups is 1. The predicted molar refractivity (Wildman–Crippen MR) is 110 cm³/mol. The number of hydrogen-bond acceptors (Lipinski definition) is 3. The minimum atomic E-state index is -0.282. The number of β-amino-alcohol motifs (C(OH)–C–C–N with tert-alkyl or cyclic N) is 1. The van der Waals surface area contributed by atoms with Gasteiger partial charge >= 0.3 is 0 Å². The Hall–Kier alpha value is -2.17. The number of rotatable bonds is 5. The van der Waals surface area contributed by atoms with Crippen LogP contribution in [0.5, 0.6) is 0 Å². The first-order chi connectivity index (χ1) is 13.0. The molecule has 0 aliphatic carbocycles. The average molecular weight is 364 g/mol. The van der Waals surface area contributed by atoms with E-state index in [1.807, 2.05) is 20.0 Å². The van der Waals surface area contributed by atoms with Crippen molar-refractivity contribution in [2.24, 2.45) is 0 Å². The van der Waals surface area contributed by atoms with Crippen molar-refractivity contribution in [3.8, 4) is 0 Å².